The van der Waals surface area contributed by atoms with Gasteiger partial charge in [0.05, 0.1) is 11.1 Å². The molecular formula is C16H12ClF3O3. The third-order valence-electron chi connectivity index (χ3n) is 3.05. The third-order valence-corrected chi connectivity index (χ3v) is 3.27. The van der Waals surface area contributed by atoms with E-state index in [2.05, 4.69) is 11.8 Å². The summed E-state index contributed by atoms with van der Waals surface area (Å²) in [5.74, 6) is 3.73. The van der Waals surface area contributed by atoms with E-state index in [4.69, 9.17) is 21.4 Å². The highest BCUT2D eigenvalue weighted by atomic mass is 35.5. The molecule has 0 bridgehead atoms. The first-order chi connectivity index (χ1) is 10.7. The number of aliphatic carboxylic acids is 1. The second-order valence-corrected chi connectivity index (χ2v) is 5.30. The summed E-state index contributed by atoms with van der Waals surface area (Å²) in [7, 11) is 0. The van der Waals surface area contributed by atoms with Gasteiger partial charge in [-0.1, -0.05) is 30.4 Å². The van der Waals surface area contributed by atoms with Gasteiger partial charge in [-0.15, -0.1) is 0 Å². The smallest absolute Gasteiger partial charge is 0.430 e. The van der Waals surface area contributed by atoms with Gasteiger partial charge in [0.1, 0.15) is 5.75 Å². The van der Waals surface area contributed by atoms with Crippen LogP contribution in [-0.4, -0.2) is 23.4 Å². The molecule has 0 spiro atoms. The van der Waals surface area contributed by atoms with Gasteiger partial charge in [0.2, 0.25) is 6.10 Å². The highest BCUT2D eigenvalue weighted by molar-refractivity contribution is 6.31. The molecule has 1 aliphatic rings. The molecule has 122 valence electrons. The minimum Gasteiger partial charge on any atom is -0.478 e. The van der Waals surface area contributed by atoms with Gasteiger partial charge in [0, 0.05) is 17.0 Å². The van der Waals surface area contributed by atoms with Crippen molar-refractivity contribution in [1.29, 1.82) is 0 Å². The van der Waals surface area contributed by atoms with Gasteiger partial charge in [0.15, 0.2) is 0 Å². The lowest BCUT2D eigenvalue weighted by Crippen LogP contribution is -2.40. The number of rotatable bonds is 2. The number of fused-ring (bicyclic) bond motifs is 1. The Balaban J connectivity index is 2.59. The molecule has 1 aromatic carbocycles. The van der Waals surface area contributed by atoms with E-state index in [0.29, 0.717) is 6.42 Å². The second-order valence-electron chi connectivity index (χ2n) is 4.87. The predicted molar refractivity (Wildman–Crippen MR) is 79.3 cm³/mol. The molecule has 0 saturated heterocycles. The van der Waals surface area contributed by atoms with E-state index in [-0.39, 0.29) is 21.9 Å². The van der Waals surface area contributed by atoms with Crippen LogP contribution in [-0.2, 0) is 4.79 Å². The van der Waals surface area contributed by atoms with Crippen LogP contribution in [0.5, 0.6) is 5.75 Å². The van der Waals surface area contributed by atoms with Crippen molar-refractivity contribution >= 4 is 23.6 Å². The van der Waals surface area contributed by atoms with Crippen molar-refractivity contribution in [3.8, 4) is 17.6 Å². The minimum atomic E-state index is -4.85. The summed E-state index contributed by atoms with van der Waals surface area (Å²) in [4.78, 5) is 11.1. The Morgan fingerprint density at radius 1 is 1.43 bits per heavy atom. The van der Waals surface area contributed by atoms with Gasteiger partial charge in [-0.05, 0) is 24.6 Å². The highest BCUT2D eigenvalue weighted by Gasteiger charge is 2.48. The quantitative estimate of drug-likeness (QED) is 0.814. The van der Waals surface area contributed by atoms with Gasteiger partial charge in [0.25, 0.3) is 0 Å². The van der Waals surface area contributed by atoms with Crippen LogP contribution in [0, 0.1) is 11.8 Å². The molecule has 1 aliphatic heterocycles. The van der Waals surface area contributed by atoms with E-state index in [1.165, 1.54) is 12.1 Å². The number of ether oxygens (including phenoxy) is 1. The second kappa shape index (κ2) is 6.55. The summed E-state index contributed by atoms with van der Waals surface area (Å²) in [5, 5.41) is 9.24. The van der Waals surface area contributed by atoms with Crippen LogP contribution in [0.1, 0.15) is 30.9 Å². The van der Waals surface area contributed by atoms with Crippen LogP contribution in [0.15, 0.2) is 17.7 Å². The molecular weight excluding hydrogens is 333 g/mol. The van der Waals surface area contributed by atoms with E-state index >= 15 is 0 Å². The van der Waals surface area contributed by atoms with Crippen molar-refractivity contribution in [2.75, 3.05) is 0 Å². The summed E-state index contributed by atoms with van der Waals surface area (Å²) in [5.41, 5.74) is -0.521. The summed E-state index contributed by atoms with van der Waals surface area (Å²) in [6.07, 6.45) is -5.10. The number of unbranched alkanes of at least 4 members (excludes halogenated alkanes) is 1. The number of carboxylic acid groups (broad SMARTS) is 1. The van der Waals surface area contributed by atoms with Crippen molar-refractivity contribution in [3.05, 3.63) is 33.9 Å². The van der Waals surface area contributed by atoms with Gasteiger partial charge < -0.3 is 9.84 Å². The molecule has 1 aromatic rings. The van der Waals surface area contributed by atoms with Gasteiger partial charge in [-0.3, -0.25) is 0 Å². The van der Waals surface area contributed by atoms with Gasteiger partial charge in [-0.2, -0.15) is 13.2 Å². The molecule has 2 rings (SSSR count). The summed E-state index contributed by atoms with van der Waals surface area (Å²) in [6.45, 7) is 1.92. The predicted octanol–water partition coefficient (Wildman–Crippen LogP) is 4.28. The fourth-order valence-electron chi connectivity index (χ4n) is 2.07. The zero-order chi connectivity index (χ0) is 17.2. The first-order valence-corrected chi connectivity index (χ1v) is 7.12. The number of benzene rings is 1. The molecule has 1 N–H and O–H groups in total. The maximum Gasteiger partial charge on any atom is 0.430 e. The number of halogens is 4. The third kappa shape index (κ3) is 3.80. The van der Waals surface area contributed by atoms with Crippen molar-refractivity contribution in [2.24, 2.45) is 0 Å². The Hall–Kier alpha value is -2.13. The van der Waals surface area contributed by atoms with E-state index in [1.807, 2.05) is 6.92 Å². The number of alkyl halides is 3. The molecule has 0 aliphatic carbocycles. The summed E-state index contributed by atoms with van der Waals surface area (Å²) >= 11 is 5.93. The van der Waals surface area contributed by atoms with Crippen molar-refractivity contribution in [1.82, 2.24) is 0 Å². The zero-order valence-corrected chi connectivity index (χ0v) is 12.8. The van der Waals surface area contributed by atoms with Crippen molar-refractivity contribution < 1.29 is 27.8 Å². The first kappa shape index (κ1) is 17.2. The van der Waals surface area contributed by atoms with Crippen LogP contribution in [0.2, 0.25) is 5.02 Å². The number of carboxylic acids is 1. The topological polar surface area (TPSA) is 46.5 Å². The Morgan fingerprint density at radius 3 is 2.70 bits per heavy atom. The highest BCUT2D eigenvalue weighted by Crippen LogP contribution is 2.40. The lowest BCUT2D eigenvalue weighted by Gasteiger charge is -2.27. The fraction of sp³-hybridized carbons (Fsp3) is 0.312. The standard InChI is InChI=1S/C16H12ClF3O3/c1-2-3-4-5-9-6-11(17)7-10-8-12(15(21)22)14(16(18,19)20)23-13(9)10/h6-8,14H,2-3H2,1H3,(H,21,22)/t14-/m0/s1. The molecule has 0 unspecified atom stereocenters. The van der Waals surface area contributed by atoms with E-state index in [1.54, 1.807) is 0 Å². The molecule has 0 saturated carbocycles. The van der Waals surface area contributed by atoms with Crippen molar-refractivity contribution in [3.63, 3.8) is 0 Å². The maximum absolute atomic E-state index is 13.1. The zero-order valence-electron chi connectivity index (χ0n) is 12.0. The Labute approximate surface area is 135 Å². The molecule has 0 aromatic heterocycles. The van der Waals surface area contributed by atoms with E-state index in [0.717, 1.165) is 12.5 Å². The maximum atomic E-state index is 13.1. The van der Waals surface area contributed by atoms with Gasteiger partial charge in [-0.25, -0.2) is 4.79 Å². The molecule has 1 heterocycles. The fourth-order valence-corrected chi connectivity index (χ4v) is 2.30. The van der Waals surface area contributed by atoms with Crippen LogP contribution < -0.4 is 4.74 Å². The molecule has 0 fully saturated rings. The SMILES string of the molecule is CCCC#Cc1cc(Cl)cc2c1O[C@H](C(F)(F)F)C(C(=O)O)=C2. The summed E-state index contributed by atoms with van der Waals surface area (Å²) in [6, 6.07) is 2.74. The van der Waals surface area contributed by atoms with Crippen LogP contribution >= 0.6 is 11.6 Å². The number of hydrogen-bond acceptors (Lipinski definition) is 2. The van der Waals surface area contributed by atoms with Crippen LogP contribution in [0.25, 0.3) is 6.08 Å². The molecule has 23 heavy (non-hydrogen) atoms. The first-order valence-electron chi connectivity index (χ1n) is 6.74. The lowest BCUT2D eigenvalue weighted by atomic mass is 9.99. The molecule has 1 atom stereocenters. The van der Waals surface area contributed by atoms with Gasteiger partial charge >= 0.3 is 12.1 Å². The Kier molecular flexibility index (Phi) is 4.90. The molecule has 0 radical (unpaired) electrons. The van der Waals surface area contributed by atoms with E-state index < -0.39 is 23.8 Å². The lowest BCUT2D eigenvalue weighted by molar-refractivity contribution is -0.187. The monoisotopic (exact) mass is 344 g/mol. The average molecular weight is 345 g/mol. The molecule has 7 heteroatoms. The summed E-state index contributed by atoms with van der Waals surface area (Å²) < 4.78 is 44.2. The van der Waals surface area contributed by atoms with Crippen LogP contribution in [0.4, 0.5) is 13.2 Å². The Bertz CT molecular complexity index is 727. The molecule has 3 nitrogen and oxygen atoms in total. The average Bonchev–Trinajstić information content (AvgIpc) is 2.44. The normalized spacial score (nSPS) is 16.6. The Morgan fingerprint density at radius 2 is 2.13 bits per heavy atom. The number of hydrogen-bond donors (Lipinski definition) is 1. The van der Waals surface area contributed by atoms with E-state index in [9.17, 15) is 18.0 Å². The molecule has 0 amide bonds. The number of carbonyl (C=O) groups is 1. The largest absolute Gasteiger partial charge is 0.478 e. The minimum absolute atomic E-state index is 0.106. The van der Waals surface area contributed by atoms with Crippen LogP contribution in [0.3, 0.4) is 0 Å². The van der Waals surface area contributed by atoms with Crippen molar-refractivity contribution in [2.45, 2.75) is 32.0 Å².